The summed E-state index contributed by atoms with van der Waals surface area (Å²) in [5.74, 6) is 6.23. The van der Waals surface area contributed by atoms with Crippen LogP contribution in [-0.4, -0.2) is 0 Å². The average molecular weight is 324 g/mol. The Bertz CT molecular complexity index is 255. The highest BCUT2D eigenvalue weighted by Crippen LogP contribution is 2.31. The minimum atomic E-state index is 0.818. The van der Waals surface area contributed by atoms with Crippen molar-refractivity contribution in [2.45, 2.75) is 113 Å². The van der Waals surface area contributed by atoms with Crippen LogP contribution in [0.3, 0.4) is 0 Å². The summed E-state index contributed by atoms with van der Waals surface area (Å²) in [6.45, 7) is 19.1. The summed E-state index contributed by atoms with van der Waals surface area (Å²) in [5.41, 5.74) is 0. The lowest BCUT2D eigenvalue weighted by Gasteiger charge is -2.32. The van der Waals surface area contributed by atoms with Crippen molar-refractivity contribution in [3.8, 4) is 0 Å². The second kappa shape index (κ2) is 13.3. The zero-order valence-electron chi connectivity index (χ0n) is 17.8. The molecule has 0 aromatic rings. The van der Waals surface area contributed by atoms with Crippen molar-refractivity contribution in [2.24, 2.45) is 29.6 Å². The van der Waals surface area contributed by atoms with Gasteiger partial charge in [-0.1, -0.05) is 92.9 Å². The van der Waals surface area contributed by atoms with Gasteiger partial charge in [-0.25, -0.2) is 0 Å². The molecule has 0 saturated carbocycles. The second-order valence-electron chi connectivity index (χ2n) is 8.84. The highest BCUT2D eigenvalue weighted by atomic mass is 14.2. The van der Waals surface area contributed by atoms with E-state index in [1.54, 1.807) is 5.92 Å². The van der Waals surface area contributed by atoms with E-state index in [-0.39, 0.29) is 0 Å². The summed E-state index contributed by atoms with van der Waals surface area (Å²) in [6, 6.07) is 0. The van der Waals surface area contributed by atoms with Gasteiger partial charge in [0.05, 0.1) is 0 Å². The second-order valence-corrected chi connectivity index (χ2v) is 8.84. The van der Waals surface area contributed by atoms with E-state index in [1.165, 1.54) is 57.8 Å². The first-order valence-electron chi connectivity index (χ1n) is 10.6. The normalized spacial score (nSPS) is 17.5. The van der Waals surface area contributed by atoms with Crippen LogP contribution in [-0.2, 0) is 0 Å². The van der Waals surface area contributed by atoms with Gasteiger partial charge in [-0.2, -0.15) is 19.8 Å². The summed E-state index contributed by atoms with van der Waals surface area (Å²) in [5, 5.41) is 0. The molecule has 4 unspecified atom stereocenters. The van der Waals surface area contributed by atoms with Crippen LogP contribution in [0.4, 0.5) is 0 Å². The summed E-state index contributed by atoms with van der Waals surface area (Å²) in [4.78, 5) is 0. The fraction of sp³-hybridized carbons (Fsp3) is 0.957. The van der Waals surface area contributed by atoms with Gasteiger partial charge in [-0.15, -0.1) is 0 Å². The van der Waals surface area contributed by atoms with E-state index in [9.17, 15) is 0 Å². The lowest BCUT2D eigenvalue weighted by molar-refractivity contribution is 0.262. The Labute approximate surface area is 149 Å². The molecule has 0 aromatic heterocycles. The van der Waals surface area contributed by atoms with Crippen LogP contribution in [0.2, 0.25) is 0 Å². The highest BCUT2D eigenvalue weighted by Gasteiger charge is 2.17. The molecule has 0 saturated heterocycles. The molecule has 0 heteroatoms. The van der Waals surface area contributed by atoms with Gasteiger partial charge < -0.3 is 5.92 Å². The minimum absolute atomic E-state index is 0.818. The molecule has 0 aliphatic carbocycles. The predicted molar refractivity (Wildman–Crippen MR) is 108 cm³/mol. The molecule has 0 N–H and O–H groups in total. The molecule has 0 aliphatic rings. The van der Waals surface area contributed by atoms with Gasteiger partial charge in [-0.05, 0) is 30.1 Å². The van der Waals surface area contributed by atoms with Crippen LogP contribution in [0, 0.1) is 35.5 Å². The SMILES string of the molecule is CCC(C)CC(CC)CCC(C)C(CC)CC[C-](C)CC(C)C. The Morgan fingerprint density at radius 3 is 1.91 bits per heavy atom. The van der Waals surface area contributed by atoms with Gasteiger partial charge >= 0.3 is 0 Å². The fourth-order valence-corrected chi connectivity index (χ4v) is 4.08. The lowest BCUT2D eigenvalue weighted by atomic mass is 9.79. The van der Waals surface area contributed by atoms with Crippen molar-refractivity contribution in [2.75, 3.05) is 0 Å². The number of hydrogen-bond acceptors (Lipinski definition) is 0. The smallest absolute Gasteiger partial charge is 0.0414 e. The molecule has 0 rings (SSSR count). The van der Waals surface area contributed by atoms with Gasteiger partial charge in [0, 0.05) is 0 Å². The molecule has 0 radical (unpaired) electrons. The zero-order chi connectivity index (χ0) is 17.8. The molecular weight excluding hydrogens is 276 g/mol. The first kappa shape index (κ1) is 23.0. The average Bonchev–Trinajstić information content (AvgIpc) is 2.50. The first-order chi connectivity index (χ1) is 10.8. The molecule has 140 valence electrons. The number of rotatable bonds is 14. The molecule has 4 atom stereocenters. The van der Waals surface area contributed by atoms with Crippen LogP contribution in [0.1, 0.15) is 113 Å². The third-order valence-corrected chi connectivity index (χ3v) is 6.07. The van der Waals surface area contributed by atoms with Crippen molar-refractivity contribution in [3.05, 3.63) is 5.92 Å². The Balaban J connectivity index is 4.19. The summed E-state index contributed by atoms with van der Waals surface area (Å²) in [7, 11) is 0. The Hall–Kier alpha value is 0. The molecule has 23 heavy (non-hydrogen) atoms. The third kappa shape index (κ3) is 11.2. The fourth-order valence-electron chi connectivity index (χ4n) is 4.08. The molecule has 0 heterocycles. The van der Waals surface area contributed by atoms with E-state index >= 15 is 0 Å². The van der Waals surface area contributed by atoms with E-state index in [2.05, 4.69) is 55.4 Å². The lowest BCUT2D eigenvalue weighted by Crippen LogP contribution is -2.15. The van der Waals surface area contributed by atoms with Gasteiger partial charge in [0.2, 0.25) is 0 Å². The van der Waals surface area contributed by atoms with Crippen molar-refractivity contribution in [3.63, 3.8) is 0 Å². The van der Waals surface area contributed by atoms with Crippen molar-refractivity contribution in [1.82, 2.24) is 0 Å². The van der Waals surface area contributed by atoms with E-state index in [1.807, 2.05) is 0 Å². The maximum Gasteiger partial charge on any atom is -0.0414 e. The Morgan fingerprint density at radius 1 is 0.783 bits per heavy atom. The summed E-state index contributed by atoms with van der Waals surface area (Å²) >= 11 is 0. The topological polar surface area (TPSA) is 0 Å². The van der Waals surface area contributed by atoms with Crippen molar-refractivity contribution in [1.29, 1.82) is 0 Å². The first-order valence-corrected chi connectivity index (χ1v) is 10.6. The molecule has 0 spiro atoms. The molecule has 0 nitrogen and oxygen atoms in total. The quantitative estimate of drug-likeness (QED) is 0.282. The monoisotopic (exact) mass is 323 g/mol. The highest BCUT2D eigenvalue weighted by molar-refractivity contribution is 4.86. The maximum absolute atomic E-state index is 2.52. The van der Waals surface area contributed by atoms with E-state index in [0.717, 1.165) is 29.6 Å². The zero-order valence-corrected chi connectivity index (χ0v) is 17.8. The minimum Gasteiger partial charge on any atom is -0.316 e. The molecule has 0 aromatic carbocycles. The molecule has 0 fully saturated rings. The predicted octanol–water partition coefficient (Wildman–Crippen LogP) is 8.31. The van der Waals surface area contributed by atoms with E-state index in [0.29, 0.717) is 0 Å². The van der Waals surface area contributed by atoms with E-state index < -0.39 is 0 Å². The van der Waals surface area contributed by atoms with Gasteiger partial charge in [-0.3, -0.25) is 0 Å². The van der Waals surface area contributed by atoms with Gasteiger partial charge in [0.15, 0.2) is 0 Å². The van der Waals surface area contributed by atoms with E-state index in [4.69, 9.17) is 0 Å². The Kier molecular flexibility index (Phi) is 13.3. The largest absolute Gasteiger partial charge is 0.316 e. The standard InChI is InChI=1S/C23H47/c1-9-19(6)17-22(10-2)14-13-21(8)23(11-3)15-12-20(7)16-18(4)5/h18-19,21-23H,9-17H2,1-8H3/q-1. The van der Waals surface area contributed by atoms with Crippen LogP contribution < -0.4 is 0 Å². The van der Waals surface area contributed by atoms with Gasteiger partial charge in [0.25, 0.3) is 0 Å². The molecule has 0 bridgehead atoms. The van der Waals surface area contributed by atoms with Crippen molar-refractivity contribution >= 4 is 0 Å². The van der Waals surface area contributed by atoms with Crippen LogP contribution >= 0.6 is 0 Å². The van der Waals surface area contributed by atoms with Gasteiger partial charge in [0.1, 0.15) is 0 Å². The summed E-state index contributed by atoms with van der Waals surface area (Å²) < 4.78 is 0. The van der Waals surface area contributed by atoms with Crippen LogP contribution in [0.25, 0.3) is 0 Å². The third-order valence-electron chi connectivity index (χ3n) is 6.07. The molecular formula is C23H47-. The van der Waals surface area contributed by atoms with Crippen LogP contribution in [0.5, 0.6) is 0 Å². The molecule has 0 amide bonds. The van der Waals surface area contributed by atoms with Crippen LogP contribution in [0.15, 0.2) is 0 Å². The maximum atomic E-state index is 2.52. The molecule has 0 aliphatic heterocycles. The summed E-state index contributed by atoms with van der Waals surface area (Å²) in [6.07, 6.45) is 12.5. The van der Waals surface area contributed by atoms with Crippen molar-refractivity contribution < 1.29 is 0 Å². The number of hydrogen-bond donors (Lipinski definition) is 0. The Morgan fingerprint density at radius 2 is 1.43 bits per heavy atom.